The smallest absolute Gasteiger partial charge is 0.137 e. The number of nitrogens with zero attached hydrogens (tertiary/aromatic N) is 1. The monoisotopic (exact) mass is 330 g/mol. The summed E-state index contributed by atoms with van der Waals surface area (Å²) >= 11 is 0. The van der Waals surface area contributed by atoms with Crippen LogP contribution in [0.5, 0.6) is 5.75 Å². The highest BCUT2D eigenvalue weighted by Gasteiger charge is 2.15. The molecule has 1 N–H and O–H groups in total. The van der Waals surface area contributed by atoms with Gasteiger partial charge in [0.25, 0.3) is 0 Å². The quantitative estimate of drug-likeness (QED) is 0.562. The van der Waals surface area contributed by atoms with Crippen molar-refractivity contribution in [2.24, 2.45) is 0 Å². The minimum Gasteiger partial charge on any atom is -0.491 e. The molecule has 4 rings (SSSR count). The van der Waals surface area contributed by atoms with Crippen molar-refractivity contribution in [1.82, 2.24) is 9.88 Å². The van der Waals surface area contributed by atoms with Crippen molar-refractivity contribution in [2.45, 2.75) is 0 Å². The van der Waals surface area contributed by atoms with Crippen LogP contribution in [0.15, 0.2) is 66.7 Å². The molecule has 0 bridgehead atoms. The number of rotatable bonds is 5. The van der Waals surface area contributed by atoms with Gasteiger partial charge in [0.1, 0.15) is 12.4 Å². The molecule has 0 saturated heterocycles. The summed E-state index contributed by atoms with van der Waals surface area (Å²) < 4.78 is 6.32. The van der Waals surface area contributed by atoms with Gasteiger partial charge in [-0.3, -0.25) is 0 Å². The second-order valence-electron chi connectivity index (χ2n) is 6.55. The number of ether oxygens (including phenoxy) is 1. The molecular formula is C22H22N2O. The Balaban J connectivity index is 1.93. The SMILES string of the molecule is CN(C)CCOc1c(-c2ccccc2)ccc2[nH]c3ccccc3c12. The average molecular weight is 330 g/mol. The number of likely N-dealkylation sites (N-methyl/N-ethyl adjacent to an activating group) is 1. The predicted octanol–water partition coefficient (Wildman–Crippen LogP) is 4.93. The van der Waals surface area contributed by atoms with E-state index in [-0.39, 0.29) is 0 Å². The Labute approximate surface area is 147 Å². The Bertz CT molecular complexity index is 1000. The van der Waals surface area contributed by atoms with Gasteiger partial charge in [-0.1, -0.05) is 48.5 Å². The summed E-state index contributed by atoms with van der Waals surface area (Å²) in [7, 11) is 4.13. The first-order chi connectivity index (χ1) is 12.2. The van der Waals surface area contributed by atoms with Crippen LogP contribution in [0, 0.1) is 0 Å². The van der Waals surface area contributed by atoms with Gasteiger partial charge in [-0.05, 0) is 37.9 Å². The molecule has 0 saturated carbocycles. The fraction of sp³-hybridized carbons (Fsp3) is 0.182. The fourth-order valence-corrected chi connectivity index (χ4v) is 3.23. The molecule has 3 nitrogen and oxygen atoms in total. The molecule has 4 aromatic rings. The molecule has 0 atom stereocenters. The highest BCUT2D eigenvalue weighted by atomic mass is 16.5. The van der Waals surface area contributed by atoms with Crippen LogP contribution in [-0.2, 0) is 0 Å². The van der Waals surface area contributed by atoms with Crippen molar-refractivity contribution in [1.29, 1.82) is 0 Å². The summed E-state index contributed by atoms with van der Waals surface area (Å²) in [6.07, 6.45) is 0. The minimum absolute atomic E-state index is 0.658. The zero-order valence-corrected chi connectivity index (χ0v) is 14.6. The van der Waals surface area contributed by atoms with Gasteiger partial charge in [0, 0.05) is 23.0 Å². The molecule has 0 fully saturated rings. The van der Waals surface area contributed by atoms with Crippen molar-refractivity contribution >= 4 is 21.8 Å². The van der Waals surface area contributed by atoms with Gasteiger partial charge in [0.05, 0.1) is 10.9 Å². The first kappa shape index (κ1) is 15.7. The molecule has 0 spiro atoms. The van der Waals surface area contributed by atoms with Crippen LogP contribution in [0.3, 0.4) is 0 Å². The summed E-state index contributed by atoms with van der Waals surface area (Å²) in [5.74, 6) is 0.961. The van der Waals surface area contributed by atoms with Crippen LogP contribution in [0.25, 0.3) is 32.9 Å². The second kappa shape index (κ2) is 6.61. The third-order valence-corrected chi connectivity index (χ3v) is 4.49. The standard InChI is InChI=1S/C22H22N2O/c1-24(2)14-15-25-22-17(16-8-4-3-5-9-16)12-13-20-21(22)18-10-6-7-11-19(18)23-20/h3-13,23H,14-15H2,1-2H3. The lowest BCUT2D eigenvalue weighted by Gasteiger charge is -2.16. The van der Waals surface area contributed by atoms with Gasteiger partial charge < -0.3 is 14.6 Å². The molecule has 25 heavy (non-hydrogen) atoms. The molecule has 0 radical (unpaired) electrons. The fourth-order valence-electron chi connectivity index (χ4n) is 3.23. The average Bonchev–Trinajstić information content (AvgIpc) is 3.01. The Kier molecular flexibility index (Phi) is 4.16. The van der Waals surface area contributed by atoms with E-state index in [2.05, 4.69) is 84.6 Å². The summed E-state index contributed by atoms with van der Waals surface area (Å²) in [6.45, 7) is 1.54. The molecule has 0 aliphatic carbocycles. The van der Waals surface area contributed by atoms with Gasteiger partial charge in [0.15, 0.2) is 0 Å². The number of H-pyrrole nitrogens is 1. The summed E-state index contributed by atoms with van der Waals surface area (Å²) in [5.41, 5.74) is 4.56. The van der Waals surface area contributed by atoms with Crippen LogP contribution < -0.4 is 4.74 Å². The van der Waals surface area contributed by atoms with Crippen LogP contribution in [-0.4, -0.2) is 37.1 Å². The van der Waals surface area contributed by atoms with Crippen LogP contribution in [0.2, 0.25) is 0 Å². The van der Waals surface area contributed by atoms with E-state index < -0.39 is 0 Å². The molecule has 0 aliphatic rings. The lowest BCUT2D eigenvalue weighted by molar-refractivity contribution is 0.264. The topological polar surface area (TPSA) is 28.3 Å². The van der Waals surface area contributed by atoms with E-state index in [0.717, 1.165) is 34.3 Å². The normalized spacial score (nSPS) is 11.5. The Morgan fingerprint density at radius 2 is 1.60 bits per heavy atom. The van der Waals surface area contributed by atoms with E-state index in [1.165, 1.54) is 10.9 Å². The van der Waals surface area contributed by atoms with Gasteiger partial charge in [-0.25, -0.2) is 0 Å². The van der Waals surface area contributed by atoms with E-state index in [0.29, 0.717) is 6.61 Å². The van der Waals surface area contributed by atoms with Gasteiger partial charge in [0.2, 0.25) is 0 Å². The summed E-state index contributed by atoms with van der Waals surface area (Å²) in [4.78, 5) is 5.64. The van der Waals surface area contributed by atoms with Crippen molar-refractivity contribution in [3.05, 3.63) is 66.7 Å². The van der Waals surface area contributed by atoms with Crippen molar-refractivity contribution in [2.75, 3.05) is 27.2 Å². The maximum Gasteiger partial charge on any atom is 0.137 e. The van der Waals surface area contributed by atoms with Crippen molar-refractivity contribution in [3.8, 4) is 16.9 Å². The maximum atomic E-state index is 6.32. The van der Waals surface area contributed by atoms with E-state index in [1.807, 2.05) is 6.07 Å². The lowest BCUT2D eigenvalue weighted by Crippen LogP contribution is -2.19. The van der Waals surface area contributed by atoms with E-state index in [9.17, 15) is 0 Å². The molecule has 0 amide bonds. The molecule has 1 aromatic heterocycles. The first-order valence-electron chi connectivity index (χ1n) is 8.60. The van der Waals surface area contributed by atoms with E-state index in [4.69, 9.17) is 4.74 Å². The summed E-state index contributed by atoms with van der Waals surface area (Å²) in [6, 6.07) is 23.1. The number of hydrogen-bond acceptors (Lipinski definition) is 2. The molecule has 0 unspecified atom stereocenters. The molecule has 3 heteroatoms. The number of hydrogen-bond donors (Lipinski definition) is 1. The van der Waals surface area contributed by atoms with Crippen LogP contribution in [0.1, 0.15) is 0 Å². The molecule has 0 aliphatic heterocycles. The highest BCUT2D eigenvalue weighted by molar-refractivity contribution is 6.12. The van der Waals surface area contributed by atoms with Gasteiger partial charge in [-0.15, -0.1) is 0 Å². The second-order valence-corrected chi connectivity index (χ2v) is 6.55. The number of aromatic amines is 1. The third kappa shape index (κ3) is 2.99. The molecule has 126 valence electrons. The number of para-hydroxylation sites is 1. The first-order valence-corrected chi connectivity index (χ1v) is 8.60. The number of nitrogens with one attached hydrogen (secondary N) is 1. The maximum absolute atomic E-state index is 6.32. The van der Waals surface area contributed by atoms with E-state index >= 15 is 0 Å². The van der Waals surface area contributed by atoms with Gasteiger partial charge in [-0.2, -0.15) is 0 Å². The Morgan fingerprint density at radius 1 is 0.840 bits per heavy atom. The number of aromatic nitrogens is 1. The van der Waals surface area contributed by atoms with Gasteiger partial charge >= 0.3 is 0 Å². The minimum atomic E-state index is 0.658. The largest absolute Gasteiger partial charge is 0.491 e. The summed E-state index contributed by atoms with van der Waals surface area (Å²) in [5, 5.41) is 2.37. The third-order valence-electron chi connectivity index (χ3n) is 4.49. The van der Waals surface area contributed by atoms with Crippen LogP contribution in [0.4, 0.5) is 0 Å². The molecular weight excluding hydrogens is 308 g/mol. The zero-order chi connectivity index (χ0) is 17.2. The Morgan fingerprint density at radius 3 is 2.40 bits per heavy atom. The Hall–Kier alpha value is -2.78. The highest BCUT2D eigenvalue weighted by Crippen LogP contribution is 2.40. The van der Waals surface area contributed by atoms with E-state index in [1.54, 1.807) is 0 Å². The number of fused-ring (bicyclic) bond motifs is 3. The van der Waals surface area contributed by atoms with Crippen molar-refractivity contribution < 1.29 is 4.74 Å². The van der Waals surface area contributed by atoms with Crippen molar-refractivity contribution in [3.63, 3.8) is 0 Å². The zero-order valence-electron chi connectivity index (χ0n) is 14.6. The molecule has 3 aromatic carbocycles. The number of benzene rings is 3. The van der Waals surface area contributed by atoms with Crippen LogP contribution >= 0.6 is 0 Å². The molecule has 1 heterocycles. The lowest BCUT2D eigenvalue weighted by atomic mass is 10.0. The predicted molar refractivity (Wildman–Crippen MR) is 105 cm³/mol.